The second-order valence-electron chi connectivity index (χ2n) is 12.3. The molecule has 5 aliphatic rings. The molecule has 170 valence electrons. The fourth-order valence-electron chi connectivity index (χ4n) is 8.40. The fourth-order valence-corrected chi connectivity index (χ4v) is 8.40. The number of ketones is 2. The number of fused-ring (bicyclic) bond motifs is 3. The first-order valence-electron chi connectivity index (χ1n) is 12.7. The van der Waals surface area contributed by atoms with Gasteiger partial charge in [0.2, 0.25) is 0 Å². The summed E-state index contributed by atoms with van der Waals surface area (Å²) < 4.78 is 6.49. The number of rotatable bonds is 4. The molecule has 1 spiro atoms. The quantitative estimate of drug-likeness (QED) is 0.415. The van der Waals surface area contributed by atoms with E-state index in [-0.39, 0.29) is 34.1 Å². The number of epoxide rings is 1. The maximum Gasteiger partial charge on any atom is 0.191 e. The van der Waals surface area contributed by atoms with E-state index in [4.69, 9.17) is 4.74 Å². The first-order chi connectivity index (χ1) is 14.6. The van der Waals surface area contributed by atoms with Crippen LogP contribution in [0, 0.1) is 46.3 Å². The van der Waals surface area contributed by atoms with Crippen molar-refractivity contribution in [2.75, 3.05) is 0 Å². The summed E-state index contributed by atoms with van der Waals surface area (Å²) in [5.41, 5.74) is 0.567. The first kappa shape index (κ1) is 21.6. The van der Waals surface area contributed by atoms with Crippen molar-refractivity contribution in [1.29, 1.82) is 0 Å². The Bertz CT molecular complexity index is 867. The summed E-state index contributed by atoms with van der Waals surface area (Å²) in [5.74, 6) is 3.57. The molecule has 9 atom stereocenters. The number of carbonyl (C=O) groups excluding carboxylic acids is 2. The van der Waals surface area contributed by atoms with Crippen molar-refractivity contribution in [2.45, 2.75) is 91.8 Å². The lowest BCUT2D eigenvalue weighted by molar-refractivity contribution is -0.125. The molecule has 0 amide bonds. The Morgan fingerprint density at radius 3 is 2.45 bits per heavy atom. The monoisotopic (exact) mass is 424 g/mol. The van der Waals surface area contributed by atoms with Crippen LogP contribution in [0.3, 0.4) is 0 Å². The van der Waals surface area contributed by atoms with Gasteiger partial charge in [0.25, 0.3) is 0 Å². The highest BCUT2D eigenvalue weighted by atomic mass is 16.6. The summed E-state index contributed by atoms with van der Waals surface area (Å²) in [6, 6.07) is 0. The third-order valence-corrected chi connectivity index (χ3v) is 10.6. The molecule has 0 aromatic heterocycles. The van der Waals surface area contributed by atoms with Crippen molar-refractivity contribution in [2.24, 2.45) is 46.3 Å². The zero-order valence-corrected chi connectivity index (χ0v) is 20.2. The van der Waals surface area contributed by atoms with E-state index in [2.05, 4.69) is 53.7 Å². The van der Waals surface area contributed by atoms with Crippen LogP contribution in [-0.4, -0.2) is 23.3 Å². The number of hydrogen-bond donors (Lipinski definition) is 0. The van der Waals surface area contributed by atoms with E-state index in [1.165, 1.54) is 19.3 Å². The highest BCUT2D eigenvalue weighted by Gasteiger charge is 2.80. The van der Waals surface area contributed by atoms with Crippen molar-refractivity contribution in [3.05, 3.63) is 23.8 Å². The van der Waals surface area contributed by atoms with Gasteiger partial charge in [-0.3, -0.25) is 9.59 Å². The van der Waals surface area contributed by atoms with Gasteiger partial charge in [0.1, 0.15) is 5.60 Å². The molecule has 0 bridgehead atoms. The summed E-state index contributed by atoms with van der Waals surface area (Å²) in [4.78, 5) is 25.5. The third kappa shape index (κ3) is 2.81. The van der Waals surface area contributed by atoms with Gasteiger partial charge in [-0.05, 0) is 73.2 Å². The van der Waals surface area contributed by atoms with E-state index in [0.29, 0.717) is 41.9 Å². The van der Waals surface area contributed by atoms with Gasteiger partial charge in [0.05, 0.1) is 0 Å². The highest BCUT2D eigenvalue weighted by Crippen LogP contribution is 2.74. The lowest BCUT2D eigenvalue weighted by atomic mass is 9.46. The Labute approximate surface area is 188 Å². The summed E-state index contributed by atoms with van der Waals surface area (Å²) >= 11 is 0. The van der Waals surface area contributed by atoms with Gasteiger partial charge in [-0.25, -0.2) is 0 Å². The average Bonchev–Trinajstić information content (AvgIpc) is 3.33. The van der Waals surface area contributed by atoms with Crippen LogP contribution in [0.4, 0.5) is 0 Å². The summed E-state index contributed by atoms with van der Waals surface area (Å²) in [6.45, 7) is 14.0. The molecule has 1 aliphatic heterocycles. The number of allylic oxidation sites excluding steroid dienone is 2. The lowest BCUT2D eigenvalue weighted by Crippen LogP contribution is -2.59. The molecule has 1 saturated heterocycles. The van der Waals surface area contributed by atoms with Crippen LogP contribution < -0.4 is 0 Å². The molecule has 31 heavy (non-hydrogen) atoms. The van der Waals surface area contributed by atoms with E-state index in [1.54, 1.807) is 6.08 Å². The molecule has 3 heteroatoms. The molecule has 0 unspecified atom stereocenters. The Morgan fingerprint density at radius 1 is 1.00 bits per heavy atom. The number of carbonyl (C=O) groups is 2. The zero-order chi connectivity index (χ0) is 22.3. The maximum atomic E-state index is 13.4. The van der Waals surface area contributed by atoms with Crippen molar-refractivity contribution in [3.8, 4) is 0 Å². The van der Waals surface area contributed by atoms with Gasteiger partial charge in [-0.2, -0.15) is 0 Å². The molecular weight excluding hydrogens is 384 g/mol. The minimum atomic E-state index is -0.294. The molecule has 1 heterocycles. The Hall–Kier alpha value is -1.22. The Balaban J connectivity index is 1.45. The van der Waals surface area contributed by atoms with Crippen LogP contribution in [0.2, 0.25) is 0 Å². The molecule has 0 aromatic carbocycles. The number of ether oxygens (including phenoxy) is 1. The normalized spacial score (nSPS) is 48.0. The maximum absolute atomic E-state index is 13.4. The van der Waals surface area contributed by atoms with Crippen LogP contribution in [-0.2, 0) is 14.3 Å². The van der Waals surface area contributed by atoms with Gasteiger partial charge in [-0.15, -0.1) is 0 Å². The Morgan fingerprint density at radius 2 is 1.74 bits per heavy atom. The standard InChI is InChI=1S/C28H40O3/c1-16(2)17(3)7-8-18(4)20-9-10-22-26(20,5)14-12-23-27(6)13-11-19(29)15-21(27)24(30)25-28(22,23)31-25/h7-8,15-18,20,22-23,25H,9-14H2,1-6H3/b8-7+/t17-,18-,20-,22-,23-,25+,26-,27+,28-/m1/s1. The summed E-state index contributed by atoms with van der Waals surface area (Å²) in [5, 5.41) is 0. The van der Waals surface area contributed by atoms with E-state index in [9.17, 15) is 9.59 Å². The summed E-state index contributed by atoms with van der Waals surface area (Å²) in [6.07, 6.45) is 12.4. The topological polar surface area (TPSA) is 46.7 Å². The lowest BCUT2D eigenvalue weighted by Gasteiger charge is -2.56. The molecule has 0 aromatic rings. The molecule has 0 N–H and O–H groups in total. The third-order valence-electron chi connectivity index (χ3n) is 10.6. The predicted octanol–water partition coefficient (Wildman–Crippen LogP) is 5.93. The minimum Gasteiger partial charge on any atom is -0.357 e. The molecule has 4 aliphatic carbocycles. The second-order valence-corrected chi connectivity index (χ2v) is 12.3. The molecular formula is C28H40O3. The first-order valence-corrected chi connectivity index (χ1v) is 12.7. The van der Waals surface area contributed by atoms with Gasteiger partial charge >= 0.3 is 0 Å². The van der Waals surface area contributed by atoms with Gasteiger partial charge < -0.3 is 4.74 Å². The molecule has 5 rings (SSSR count). The van der Waals surface area contributed by atoms with Crippen LogP contribution in [0.5, 0.6) is 0 Å². The van der Waals surface area contributed by atoms with E-state index < -0.39 is 0 Å². The van der Waals surface area contributed by atoms with Crippen molar-refractivity contribution >= 4 is 11.6 Å². The number of hydrogen-bond acceptors (Lipinski definition) is 3. The smallest absolute Gasteiger partial charge is 0.191 e. The molecule has 0 radical (unpaired) electrons. The fraction of sp³-hybridized carbons (Fsp3) is 0.786. The average molecular weight is 425 g/mol. The minimum absolute atomic E-state index is 0.117. The number of Topliss-reactive ketones (excluding diaryl/α,β-unsaturated/α-hetero) is 1. The van der Waals surface area contributed by atoms with Crippen LogP contribution in [0.1, 0.15) is 80.1 Å². The van der Waals surface area contributed by atoms with E-state index in [1.807, 2.05) is 0 Å². The van der Waals surface area contributed by atoms with Gasteiger partial charge in [0.15, 0.2) is 17.7 Å². The molecule has 4 fully saturated rings. The predicted molar refractivity (Wildman–Crippen MR) is 122 cm³/mol. The van der Waals surface area contributed by atoms with E-state index >= 15 is 0 Å². The van der Waals surface area contributed by atoms with E-state index in [0.717, 1.165) is 18.4 Å². The van der Waals surface area contributed by atoms with Crippen LogP contribution >= 0.6 is 0 Å². The van der Waals surface area contributed by atoms with Gasteiger partial charge in [0, 0.05) is 23.3 Å². The zero-order valence-electron chi connectivity index (χ0n) is 20.2. The van der Waals surface area contributed by atoms with Crippen LogP contribution in [0.25, 0.3) is 0 Å². The highest BCUT2D eigenvalue weighted by molar-refractivity contribution is 6.09. The summed E-state index contributed by atoms with van der Waals surface area (Å²) in [7, 11) is 0. The Kier molecular flexibility index (Phi) is 4.80. The van der Waals surface area contributed by atoms with Crippen molar-refractivity contribution in [3.63, 3.8) is 0 Å². The van der Waals surface area contributed by atoms with Crippen molar-refractivity contribution < 1.29 is 14.3 Å². The SMILES string of the molecule is CC(C)[C@H](C)/C=C/[C@@H](C)[C@H]1CC[C@@H]2[C@]1(C)CC[C@H]1[C@]23O[C@H]3C(=O)C2=CC(=O)CC[C@@]21C. The largest absolute Gasteiger partial charge is 0.357 e. The second kappa shape index (κ2) is 6.89. The van der Waals surface area contributed by atoms with Crippen LogP contribution in [0.15, 0.2) is 23.8 Å². The van der Waals surface area contributed by atoms with Crippen molar-refractivity contribution in [1.82, 2.24) is 0 Å². The molecule has 3 saturated carbocycles. The molecule has 3 nitrogen and oxygen atoms in total. The van der Waals surface area contributed by atoms with Gasteiger partial charge in [-0.1, -0.05) is 53.7 Å².